The summed E-state index contributed by atoms with van der Waals surface area (Å²) in [6, 6.07) is 29.3. The summed E-state index contributed by atoms with van der Waals surface area (Å²) in [5, 5.41) is 3.10. The Morgan fingerprint density at radius 3 is 1.85 bits per heavy atom. The molecule has 0 radical (unpaired) electrons. The van der Waals surface area contributed by atoms with E-state index in [9.17, 15) is 9.59 Å². The Morgan fingerprint density at radius 2 is 1.29 bits per heavy atom. The molecule has 0 spiro atoms. The fourth-order valence-corrected chi connectivity index (χ4v) is 3.98. The summed E-state index contributed by atoms with van der Waals surface area (Å²) in [5.74, 6) is 0.405. The van der Waals surface area contributed by atoms with Gasteiger partial charge in [0.1, 0.15) is 6.04 Å². The molecule has 1 atom stereocenters. The molecule has 0 aliphatic heterocycles. The summed E-state index contributed by atoms with van der Waals surface area (Å²) in [4.78, 5) is 28.8. The Kier molecular flexibility index (Phi) is 9.90. The number of aryl methyl sites for hydroxylation is 1. The lowest BCUT2D eigenvalue weighted by molar-refractivity contribution is -0.141. The van der Waals surface area contributed by atoms with Crippen LogP contribution in [0.2, 0.25) is 0 Å². The lowest BCUT2D eigenvalue weighted by atomic mass is 10.0. The van der Waals surface area contributed by atoms with Gasteiger partial charge >= 0.3 is 0 Å². The molecule has 178 valence electrons. The highest BCUT2D eigenvalue weighted by atomic mass is 16.2. The lowest BCUT2D eigenvalue weighted by Crippen LogP contribution is -2.50. The summed E-state index contributed by atoms with van der Waals surface area (Å²) < 4.78 is 0. The SMILES string of the molecule is CC(C)CCNC(=O)[C@@H](Cc1ccccc1)N(Cc1ccccc1)C(=O)CCc1ccccc1. The third-order valence-corrected chi connectivity index (χ3v) is 5.96. The average Bonchev–Trinajstić information content (AvgIpc) is 2.86. The molecule has 0 aliphatic carbocycles. The number of hydrogen-bond donors (Lipinski definition) is 1. The minimum absolute atomic E-state index is 0.00681. The zero-order valence-corrected chi connectivity index (χ0v) is 20.3. The van der Waals surface area contributed by atoms with Crippen molar-refractivity contribution in [3.05, 3.63) is 108 Å². The molecule has 0 bridgehead atoms. The monoisotopic (exact) mass is 456 g/mol. The molecule has 4 nitrogen and oxygen atoms in total. The first kappa shape index (κ1) is 25.2. The Bertz CT molecular complexity index is 1000. The summed E-state index contributed by atoms with van der Waals surface area (Å²) >= 11 is 0. The second-order valence-corrected chi connectivity index (χ2v) is 9.17. The van der Waals surface area contributed by atoms with Crippen molar-refractivity contribution in [3.63, 3.8) is 0 Å². The van der Waals surface area contributed by atoms with Gasteiger partial charge in [0, 0.05) is 25.9 Å². The van der Waals surface area contributed by atoms with E-state index in [-0.39, 0.29) is 11.8 Å². The zero-order valence-electron chi connectivity index (χ0n) is 20.3. The minimum atomic E-state index is -0.571. The first-order valence-corrected chi connectivity index (χ1v) is 12.2. The van der Waals surface area contributed by atoms with Crippen LogP contribution in [0, 0.1) is 5.92 Å². The van der Waals surface area contributed by atoms with E-state index in [1.165, 1.54) is 0 Å². The standard InChI is InChI=1S/C30H36N2O2/c1-24(2)20-21-31-30(34)28(22-26-14-8-4-9-15-26)32(23-27-16-10-5-11-17-27)29(33)19-18-25-12-6-3-7-13-25/h3-17,24,28H,18-23H2,1-2H3,(H,31,34)/t28-/m1/s1. The second kappa shape index (κ2) is 13.3. The molecule has 3 rings (SSSR count). The van der Waals surface area contributed by atoms with Crippen molar-refractivity contribution in [1.82, 2.24) is 10.2 Å². The van der Waals surface area contributed by atoms with Crippen molar-refractivity contribution in [2.24, 2.45) is 5.92 Å². The van der Waals surface area contributed by atoms with Crippen molar-refractivity contribution >= 4 is 11.8 Å². The van der Waals surface area contributed by atoms with Gasteiger partial charge in [-0.2, -0.15) is 0 Å². The van der Waals surface area contributed by atoms with Crippen LogP contribution in [0.15, 0.2) is 91.0 Å². The van der Waals surface area contributed by atoms with Crippen molar-refractivity contribution in [3.8, 4) is 0 Å². The lowest BCUT2D eigenvalue weighted by Gasteiger charge is -2.32. The smallest absolute Gasteiger partial charge is 0.243 e. The molecule has 0 saturated carbocycles. The van der Waals surface area contributed by atoms with Crippen LogP contribution in [0.1, 0.15) is 43.4 Å². The highest BCUT2D eigenvalue weighted by Gasteiger charge is 2.30. The maximum atomic E-state index is 13.6. The maximum absolute atomic E-state index is 13.6. The van der Waals surface area contributed by atoms with E-state index >= 15 is 0 Å². The molecule has 4 heteroatoms. The number of carbonyl (C=O) groups is 2. The van der Waals surface area contributed by atoms with Gasteiger partial charge < -0.3 is 10.2 Å². The van der Waals surface area contributed by atoms with Crippen LogP contribution in [-0.2, 0) is 29.0 Å². The van der Waals surface area contributed by atoms with Crippen LogP contribution in [0.25, 0.3) is 0 Å². The van der Waals surface area contributed by atoms with Crippen LogP contribution >= 0.6 is 0 Å². The zero-order chi connectivity index (χ0) is 24.2. The summed E-state index contributed by atoms with van der Waals surface area (Å²) in [6.07, 6.45) is 2.40. The Hall–Kier alpha value is -3.40. The van der Waals surface area contributed by atoms with E-state index in [1.54, 1.807) is 4.90 Å². The second-order valence-electron chi connectivity index (χ2n) is 9.17. The normalized spacial score (nSPS) is 11.7. The molecular weight excluding hydrogens is 420 g/mol. The third kappa shape index (κ3) is 8.18. The maximum Gasteiger partial charge on any atom is 0.243 e. The summed E-state index contributed by atoms with van der Waals surface area (Å²) in [7, 11) is 0. The molecule has 1 N–H and O–H groups in total. The number of nitrogens with zero attached hydrogens (tertiary/aromatic N) is 1. The Morgan fingerprint density at radius 1 is 0.765 bits per heavy atom. The third-order valence-electron chi connectivity index (χ3n) is 5.96. The van der Waals surface area contributed by atoms with Gasteiger partial charge in [0.05, 0.1) is 0 Å². The van der Waals surface area contributed by atoms with Gasteiger partial charge in [-0.3, -0.25) is 9.59 Å². The first-order chi connectivity index (χ1) is 16.5. The number of hydrogen-bond acceptors (Lipinski definition) is 2. The van der Waals surface area contributed by atoms with E-state index < -0.39 is 6.04 Å². The van der Waals surface area contributed by atoms with E-state index in [4.69, 9.17) is 0 Å². The molecule has 3 aromatic carbocycles. The van der Waals surface area contributed by atoms with E-state index in [0.29, 0.717) is 38.3 Å². The molecule has 0 fully saturated rings. The molecule has 34 heavy (non-hydrogen) atoms. The van der Waals surface area contributed by atoms with Gasteiger partial charge in [-0.05, 0) is 35.4 Å². The highest BCUT2D eigenvalue weighted by molar-refractivity contribution is 5.88. The van der Waals surface area contributed by atoms with Crippen molar-refractivity contribution < 1.29 is 9.59 Å². The number of nitrogens with one attached hydrogen (secondary N) is 1. The molecule has 0 aliphatic rings. The predicted octanol–water partition coefficient (Wildman–Crippen LogP) is 5.42. The number of rotatable bonds is 12. The summed E-state index contributed by atoms with van der Waals surface area (Å²) in [6.45, 7) is 5.30. The van der Waals surface area contributed by atoms with E-state index in [1.807, 2.05) is 91.0 Å². The van der Waals surface area contributed by atoms with Crippen LogP contribution in [0.5, 0.6) is 0 Å². The van der Waals surface area contributed by atoms with Gasteiger partial charge in [0.2, 0.25) is 11.8 Å². The molecule has 3 aromatic rings. The first-order valence-electron chi connectivity index (χ1n) is 12.2. The quantitative estimate of drug-likeness (QED) is 0.396. The highest BCUT2D eigenvalue weighted by Crippen LogP contribution is 2.17. The van der Waals surface area contributed by atoms with E-state index in [0.717, 1.165) is 23.1 Å². The van der Waals surface area contributed by atoms with Crippen LogP contribution in [0.4, 0.5) is 0 Å². The average molecular weight is 457 g/mol. The molecule has 0 aromatic heterocycles. The fourth-order valence-electron chi connectivity index (χ4n) is 3.98. The van der Waals surface area contributed by atoms with Gasteiger partial charge in [-0.15, -0.1) is 0 Å². The summed E-state index contributed by atoms with van der Waals surface area (Å²) in [5.41, 5.74) is 3.18. The van der Waals surface area contributed by atoms with Gasteiger partial charge in [0.25, 0.3) is 0 Å². The van der Waals surface area contributed by atoms with Gasteiger partial charge in [0.15, 0.2) is 0 Å². The Labute approximate surface area is 204 Å². The van der Waals surface area contributed by atoms with Crippen molar-refractivity contribution in [2.45, 2.75) is 52.1 Å². The molecule has 2 amide bonds. The van der Waals surface area contributed by atoms with Crippen LogP contribution in [-0.4, -0.2) is 29.3 Å². The number of carbonyl (C=O) groups excluding carboxylic acids is 2. The van der Waals surface area contributed by atoms with Crippen LogP contribution < -0.4 is 5.32 Å². The molecule has 0 saturated heterocycles. The van der Waals surface area contributed by atoms with Crippen molar-refractivity contribution in [2.75, 3.05) is 6.54 Å². The largest absolute Gasteiger partial charge is 0.354 e. The van der Waals surface area contributed by atoms with Gasteiger partial charge in [-0.25, -0.2) is 0 Å². The fraction of sp³-hybridized carbons (Fsp3) is 0.333. The Balaban J connectivity index is 1.84. The molecule has 0 unspecified atom stereocenters. The topological polar surface area (TPSA) is 49.4 Å². The van der Waals surface area contributed by atoms with E-state index in [2.05, 4.69) is 19.2 Å². The van der Waals surface area contributed by atoms with Crippen molar-refractivity contribution in [1.29, 1.82) is 0 Å². The predicted molar refractivity (Wildman–Crippen MR) is 138 cm³/mol. The number of benzene rings is 3. The van der Waals surface area contributed by atoms with Crippen LogP contribution in [0.3, 0.4) is 0 Å². The molecular formula is C30H36N2O2. The number of amides is 2. The van der Waals surface area contributed by atoms with Gasteiger partial charge in [-0.1, -0.05) is 105 Å². The minimum Gasteiger partial charge on any atom is -0.354 e. The molecule has 0 heterocycles.